The first-order chi connectivity index (χ1) is 11.1. The molecule has 1 unspecified atom stereocenters. The largest absolute Gasteiger partial charge is 0.378 e. The number of nitro benzene ring substituents is 1. The second-order valence-electron chi connectivity index (χ2n) is 5.24. The Morgan fingerprint density at radius 3 is 2.46 bits per heavy atom. The number of hydrogen-bond donors (Lipinski definition) is 1. The zero-order chi connectivity index (χ0) is 18.1. The van der Waals surface area contributed by atoms with E-state index in [4.69, 9.17) is 11.6 Å². The fraction of sp³-hybridized carbons (Fsp3) is 0.200. The first kappa shape index (κ1) is 18.2. The van der Waals surface area contributed by atoms with Gasteiger partial charge in [0.2, 0.25) is 0 Å². The molecule has 9 heteroatoms. The van der Waals surface area contributed by atoms with Crippen LogP contribution in [0.1, 0.15) is 18.5 Å². The highest BCUT2D eigenvalue weighted by atomic mass is 35.5. The van der Waals surface area contributed by atoms with E-state index in [9.17, 15) is 22.9 Å². The van der Waals surface area contributed by atoms with Crippen molar-refractivity contribution in [2.24, 2.45) is 0 Å². The summed E-state index contributed by atoms with van der Waals surface area (Å²) < 4.78 is 36.6. The molecule has 0 saturated carbocycles. The summed E-state index contributed by atoms with van der Waals surface area (Å²) in [5.41, 5.74) is 0.488. The summed E-state index contributed by atoms with van der Waals surface area (Å²) in [6.07, 6.45) is 0.902. The lowest BCUT2D eigenvalue weighted by Crippen LogP contribution is -2.09. The Hall–Kier alpha value is -2.19. The van der Waals surface area contributed by atoms with E-state index in [1.54, 1.807) is 6.92 Å². The zero-order valence-electron chi connectivity index (χ0n) is 12.8. The van der Waals surface area contributed by atoms with E-state index in [2.05, 4.69) is 5.32 Å². The maximum absolute atomic E-state index is 13.1. The fourth-order valence-electron chi connectivity index (χ4n) is 2.23. The van der Waals surface area contributed by atoms with E-state index >= 15 is 0 Å². The van der Waals surface area contributed by atoms with Crippen LogP contribution in [0.15, 0.2) is 41.3 Å². The van der Waals surface area contributed by atoms with Gasteiger partial charge in [0, 0.05) is 29.1 Å². The van der Waals surface area contributed by atoms with Crippen LogP contribution in [0.4, 0.5) is 15.8 Å². The van der Waals surface area contributed by atoms with Crippen LogP contribution in [0.25, 0.3) is 0 Å². The third kappa shape index (κ3) is 4.01. The average molecular weight is 373 g/mol. The Kier molecular flexibility index (Phi) is 5.10. The summed E-state index contributed by atoms with van der Waals surface area (Å²) in [7, 11) is -3.77. The van der Waals surface area contributed by atoms with Gasteiger partial charge in [-0.3, -0.25) is 10.1 Å². The normalized spacial score (nSPS) is 12.7. The number of nitrogens with one attached hydrogen (secondary N) is 1. The SMILES string of the molecule is CC(Nc1ccc([N+](=O)[O-])c(S(C)(=O)=O)c1)c1ccc(F)cc1Cl. The van der Waals surface area contributed by atoms with Gasteiger partial charge in [-0.05, 0) is 36.8 Å². The zero-order valence-corrected chi connectivity index (χ0v) is 14.4. The molecule has 0 spiro atoms. The van der Waals surface area contributed by atoms with Gasteiger partial charge in [-0.15, -0.1) is 0 Å². The molecule has 0 amide bonds. The van der Waals surface area contributed by atoms with Gasteiger partial charge < -0.3 is 5.32 Å². The molecule has 2 rings (SSSR count). The predicted molar refractivity (Wildman–Crippen MR) is 89.7 cm³/mol. The maximum Gasteiger partial charge on any atom is 0.288 e. The van der Waals surface area contributed by atoms with Gasteiger partial charge >= 0.3 is 0 Å². The number of halogens is 2. The van der Waals surface area contributed by atoms with Gasteiger partial charge in [0.05, 0.1) is 4.92 Å². The summed E-state index contributed by atoms with van der Waals surface area (Å²) in [5, 5.41) is 14.2. The molecule has 1 atom stereocenters. The summed E-state index contributed by atoms with van der Waals surface area (Å²) >= 11 is 6.00. The molecule has 0 aliphatic carbocycles. The van der Waals surface area contributed by atoms with Crippen LogP contribution in [0.2, 0.25) is 5.02 Å². The van der Waals surface area contributed by atoms with Crippen LogP contribution in [-0.4, -0.2) is 19.6 Å². The van der Waals surface area contributed by atoms with Gasteiger partial charge in [0.1, 0.15) is 10.7 Å². The van der Waals surface area contributed by atoms with Crippen LogP contribution in [0, 0.1) is 15.9 Å². The molecular formula is C15H14ClFN2O4S. The average Bonchev–Trinajstić information content (AvgIpc) is 2.45. The standard InChI is InChI=1S/C15H14ClFN2O4S/c1-9(12-5-3-10(17)7-13(12)16)18-11-4-6-14(19(20)21)15(8-11)24(2,22)23/h3-9,18H,1-2H3. The number of benzene rings is 2. The minimum atomic E-state index is -3.77. The fourth-order valence-corrected chi connectivity index (χ4v) is 3.43. The molecule has 0 radical (unpaired) electrons. The Morgan fingerprint density at radius 1 is 1.25 bits per heavy atom. The molecule has 6 nitrogen and oxygen atoms in total. The van der Waals surface area contributed by atoms with Crippen molar-refractivity contribution in [3.05, 3.63) is 62.9 Å². The van der Waals surface area contributed by atoms with Gasteiger partial charge in [0.15, 0.2) is 9.84 Å². The highest BCUT2D eigenvalue weighted by Gasteiger charge is 2.23. The number of rotatable bonds is 5. The van der Waals surface area contributed by atoms with E-state index < -0.39 is 26.3 Å². The molecule has 2 aromatic rings. The van der Waals surface area contributed by atoms with Crippen LogP contribution in [0.3, 0.4) is 0 Å². The maximum atomic E-state index is 13.1. The van der Waals surface area contributed by atoms with Crippen LogP contribution < -0.4 is 5.32 Å². The van der Waals surface area contributed by atoms with E-state index in [-0.39, 0.29) is 16.0 Å². The van der Waals surface area contributed by atoms with Crippen molar-refractivity contribution in [1.29, 1.82) is 0 Å². The smallest absolute Gasteiger partial charge is 0.288 e. The molecule has 0 aliphatic rings. The minimum absolute atomic E-state index is 0.222. The molecule has 0 fully saturated rings. The van der Waals surface area contributed by atoms with E-state index in [1.165, 1.54) is 30.3 Å². The van der Waals surface area contributed by atoms with E-state index in [0.717, 1.165) is 12.3 Å². The summed E-state index contributed by atoms with van der Waals surface area (Å²) in [4.78, 5) is 9.84. The highest BCUT2D eigenvalue weighted by Crippen LogP contribution is 2.30. The highest BCUT2D eigenvalue weighted by molar-refractivity contribution is 7.90. The number of nitrogens with zero attached hydrogens (tertiary/aromatic N) is 1. The van der Waals surface area contributed by atoms with Gasteiger partial charge in [-0.1, -0.05) is 17.7 Å². The number of nitro groups is 1. The molecule has 2 aromatic carbocycles. The van der Waals surface area contributed by atoms with Crippen molar-refractivity contribution in [1.82, 2.24) is 0 Å². The lowest BCUT2D eigenvalue weighted by atomic mass is 10.1. The van der Waals surface area contributed by atoms with E-state index in [0.29, 0.717) is 11.3 Å². The second kappa shape index (κ2) is 6.74. The monoisotopic (exact) mass is 372 g/mol. The van der Waals surface area contributed by atoms with Gasteiger partial charge in [-0.25, -0.2) is 12.8 Å². The summed E-state index contributed by atoms with van der Waals surface area (Å²) in [6.45, 7) is 1.75. The lowest BCUT2D eigenvalue weighted by Gasteiger charge is -2.17. The molecule has 0 aromatic heterocycles. The predicted octanol–water partition coefficient (Wildman–Crippen LogP) is 3.96. The number of anilines is 1. The molecule has 128 valence electrons. The van der Waals surface area contributed by atoms with Crippen molar-refractivity contribution in [3.63, 3.8) is 0 Å². The molecule has 0 saturated heterocycles. The quantitative estimate of drug-likeness (QED) is 0.633. The van der Waals surface area contributed by atoms with Crippen molar-refractivity contribution in [2.75, 3.05) is 11.6 Å². The first-order valence-corrected chi connectivity index (χ1v) is 9.06. The summed E-state index contributed by atoms with van der Waals surface area (Å²) in [5.74, 6) is -0.467. The number of hydrogen-bond acceptors (Lipinski definition) is 5. The van der Waals surface area contributed by atoms with Gasteiger partial charge in [-0.2, -0.15) is 0 Å². The first-order valence-electron chi connectivity index (χ1n) is 6.79. The third-order valence-electron chi connectivity index (χ3n) is 3.37. The Bertz CT molecular complexity index is 902. The van der Waals surface area contributed by atoms with Gasteiger partial charge in [0.25, 0.3) is 5.69 Å². The Morgan fingerprint density at radius 2 is 1.92 bits per heavy atom. The molecule has 1 N–H and O–H groups in total. The molecule has 24 heavy (non-hydrogen) atoms. The second-order valence-corrected chi connectivity index (χ2v) is 7.63. The number of sulfone groups is 1. The summed E-state index contributed by atoms with van der Waals surface area (Å²) in [6, 6.07) is 7.30. The lowest BCUT2D eigenvalue weighted by molar-refractivity contribution is -0.387. The van der Waals surface area contributed by atoms with Crippen molar-refractivity contribution in [3.8, 4) is 0 Å². The van der Waals surface area contributed by atoms with E-state index in [1.807, 2.05) is 0 Å². The molecule has 0 aliphatic heterocycles. The van der Waals surface area contributed by atoms with Crippen molar-refractivity contribution in [2.45, 2.75) is 17.9 Å². The van der Waals surface area contributed by atoms with Crippen LogP contribution in [-0.2, 0) is 9.84 Å². The third-order valence-corrected chi connectivity index (χ3v) is 4.82. The topological polar surface area (TPSA) is 89.3 Å². The van der Waals surface area contributed by atoms with Crippen molar-refractivity contribution < 1.29 is 17.7 Å². The Labute approximate surface area is 143 Å². The minimum Gasteiger partial charge on any atom is -0.378 e. The van der Waals surface area contributed by atoms with Crippen LogP contribution in [0.5, 0.6) is 0 Å². The van der Waals surface area contributed by atoms with Crippen molar-refractivity contribution >= 4 is 32.8 Å². The molecule has 0 heterocycles. The Balaban J connectivity index is 2.38. The molecule has 0 bridgehead atoms. The van der Waals surface area contributed by atoms with Crippen LogP contribution >= 0.6 is 11.6 Å². The molecular weight excluding hydrogens is 359 g/mol.